The second-order valence-corrected chi connectivity index (χ2v) is 4.72. The number of ether oxygens (including phenoxy) is 2. The Labute approximate surface area is 92.1 Å². The molecule has 1 fully saturated rings. The summed E-state index contributed by atoms with van der Waals surface area (Å²) in [6, 6.07) is 0. The zero-order valence-electron chi connectivity index (χ0n) is 9.90. The average molecular weight is 214 g/mol. The fourth-order valence-electron chi connectivity index (χ4n) is 2.12. The number of rotatable bonds is 4. The summed E-state index contributed by atoms with van der Waals surface area (Å²) in [4.78, 5) is 0. The molecule has 1 N–H and O–H groups in total. The highest BCUT2D eigenvalue weighted by Gasteiger charge is 2.34. The Balaban J connectivity index is 2.44. The number of hydrogen-bond donors (Lipinski definition) is 1. The van der Waals surface area contributed by atoms with Gasteiger partial charge in [-0.1, -0.05) is 6.08 Å². The van der Waals surface area contributed by atoms with Crippen molar-refractivity contribution < 1.29 is 14.6 Å². The first-order chi connectivity index (χ1) is 6.93. The lowest BCUT2D eigenvalue weighted by molar-refractivity contribution is -0.299. The Morgan fingerprint density at radius 3 is 2.73 bits per heavy atom. The molecule has 0 amide bonds. The molecule has 0 aromatic carbocycles. The van der Waals surface area contributed by atoms with Crippen LogP contribution < -0.4 is 0 Å². The van der Waals surface area contributed by atoms with E-state index in [1.54, 1.807) is 6.08 Å². The van der Waals surface area contributed by atoms with Crippen molar-refractivity contribution in [2.24, 2.45) is 0 Å². The zero-order chi connectivity index (χ0) is 11.5. The molecule has 1 heterocycles. The molecule has 0 spiro atoms. The molecular formula is C12H22O3. The van der Waals surface area contributed by atoms with Crippen molar-refractivity contribution in [3.8, 4) is 0 Å². The van der Waals surface area contributed by atoms with Crippen LogP contribution in [-0.2, 0) is 9.47 Å². The molecule has 88 valence electrons. The minimum atomic E-state index is -0.532. The Kier molecular flexibility index (Phi) is 4.32. The molecule has 0 radical (unpaired) electrons. The summed E-state index contributed by atoms with van der Waals surface area (Å²) in [6.45, 7) is 9.48. The summed E-state index contributed by atoms with van der Waals surface area (Å²) < 4.78 is 11.4. The van der Waals surface area contributed by atoms with Crippen LogP contribution >= 0.6 is 0 Å². The number of aliphatic hydroxyl groups excluding tert-OH is 1. The molecule has 0 aliphatic carbocycles. The normalized spacial score (nSPS) is 32.3. The van der Waals surface area contributed by atoms with E-state index in [0.29, 0.717) is 12.8 Å². The van der Waals surface area contributed by atoms with Gasteiger partial charge in [-0.2, -0.15) is 0 Å². The molecule has 3 nitrogen and oxygen atoms in total. The van der Waals surface area contributed by atoms with Crippen LogP contribution in [0, 0.1) is 0 Å². The van der Waals surface area contributed by atoms with Crippen molar-refractivity contribution in [1.29, 1.82) is 0 Å². The van der Waals surface area contributed by atoms with Crippen LogP contribution in [0.15, 0.2) is 12.7 Å². The van der Waals surface area contributed by atoms with Crippen LogP contribution in [-0.4, -0.2) is 29.2 Å². The van der Waals surface area contributed by atoms with Gasteiger partial charge in [-0.3, -0.25) is 0 Å². The first kappa shape index (κ1) is 12.7. The molecule has 15 heavy (non-hydrogen) atoms. The molecule has 0 bridgehead atoms. The van der Waals surface area contributed by atoms with E-state index < -0.39 is 5.79 Å². The summed E-state index contributed by atoms with van der Waals surface area (Å²) in [5, 5.41) is 9.67. The first-order valence-electron chi connectivity index (χ1n) is 5.57. The third-order valence-electron chi connectivity index (χ3n) is 2.50. The van der Waals surface area contributed by atoms with E-state index in [0.717, 1.165) is 6.42 Å². The van der Waals surface area contributed by atoms with Crippen molar-refractivity contribution in [3.05, 3.63) is 12.7 Å². The second kappa shape index (κ2) is 5.10. The van der Waals surface area contributed by atoms with Gasteiger partial charge >= 0.3 is 0 Å². The van der Waals surface area contributed by atoms with Gasteiger partial charge in [0.25, 0.3) is 0 Å². The standard InChI is InChI=1S/C12H22O3/c1-5-6-10(13)8-11-7-9(2)14-12(3,4)15-11/h5,9-11,13H,1,6-8H2,2-4H3/t9-,10+,11-/m0/s1. The van der Waals surface area contributed by atoms with E-state index in [1.807, 2.05) is 20.8 Å². The fourth-order valence-corrected chi connectivity index (χ4v) is 2.12. The maximum Gasteiger partial charge on any atom is 0.163 e. The van der Waals surface area contributed by atoms with Gasteiger partial charge in [-0.15, -0.1) is 6.58 Å². The second-order valence-electron chi connectivity index (χ2n) is 4.72. The van der Waals surface area contributed by atoms with E-state index in [9.17, 15) is 5.11 Å². The van der Waals surface area contributed by atoms with Crippen molar-refractivity contribution in [1.82, 2.24) is 0 Å². The Bertz CT molecular complexity index is 213. The molecule has 0 aromatic rings. The zero-order valence-corrected chi connectivity index (χ0v) is 9.90. The molecule has 1 rings (SSSR count). The molecule has 0 unspecified atom stereocenters. The molecule has 0 saturated carbocycles. The average Bonchev–Trinajstić information content (AvgIpc) is 1.99. The van der Waals surface area contributed by atoms with Crippen molar-refractivity contribution in [2.45, 2.75) is 64.1 Å². The van der Waals surface area contributed by atoms with Crippen molar-refractivity contribution in [3.63, 3.8) is 0 Å². The molecular weight excluding hydrogens is 192 g/mol. The predicted molar refractivity (Wildman–Crippen MR) is 59.6 cm³/mol. The highest BCUT2D eigenvalue weighted by Crippen LogP contribution is 2.28. The van der Waals surface area contributed by atoms with E-state index in [1.165, 1.54) is 0 Å². The van der Waals surface area contributed by atoms with Crippen LogP contribution in [0.3, 0.4) is 0 Å². The van der Waals surface area contributed by atoms with Crippen LogP contribution in [0.4, 0.5) is 0 Å². The predicted octanol–water partition coefficient (Wildman–Crippen LogP) is 2.24. The van der Waals surface area contributed by atoms with Gasteiger partial charge in [0.1, 0.15) is 0 Å². The first-order valence-corrected chi connectivity index (χ1v) is 5.57. The van der Waals surface area contributed by atoms with Gasteiger partial charge in [-0.25, -0.2) is 0 Å². The van der Waals surface area contributed by atoms with Crippen LogP contribution in [0.1, 0.15) is 40.0 Å². The molecule has 0 aromatic heterocycles. The van der Waals surface area contributed by atoms with Crippen LogP contribution in [0.2, 0.25) is 0 Å². The van der Waals surface area contributed by atoms with Crippen LogP contribution in [0.25, 0.3) is 0 Å². The Morgan fingerprint density at radius 2 is 2.20 bits per heavy atom. The minimum Gasteiger partial charge on any atom is -0.393 e. The molecule has 1 saturated heterocycles. The van der Waals surface area contributed by atoms with E-state index in [-0.39, 0.29) is 18.3 Å². The van der Waals surface area contributed by atoms with Gasteiger partial charge in [0.15, 0.2) is 5.79 Å². The highest BCUT2D eigenvalue weighted by molar-refractivity contribution is 4.79. The Morgan fingerprint density at radius 1 is 1.53 bits per heavy atom. The van der Waals surface area contributed by atoms with Crippen molar-refractivity contribution >= 4 is 0 Å². The molecule has 3 atom stereocenters. The molecule has 3 heteroatoms. The number of hydrogen-bond acceptors (Lipinski definition) is 3. The van der Waals surface area contributed by atoms with Crippen molar-refractivity contribution in [2.75, 3.05) is 0 Å². The maximum absolute atomic E-state index is 9.67. The monoisotopic (exact) mass is 214 g/mol. The summed E-state index contributed by atoms with van der Waals surface area (Å²) in [7, 11) is 0. The summed E-state index contributed by atoms with van der Waals surface area (Å²) in [6.07, 6.45) is 3.77. The quantitative estimate of drug-likeness (QED) is 0.729. The minimum absolute atomic E-state index is 0.0821. The third kappa shape index (κ3) is 4.33. The molecule has 1 aliphatic heterocycles. The van der Waals surface area contributed by atoms with E-state index in [2.05, 4.69) is 6.58 Å². The summed E-state index contributed by atoms with van der Waals surface area (Å²) >= 11 is 0. The largest absolute Gasteiger partial charge is 0.393 e. The Hall–Kier alpha value is -0.380. The smallest absolute Gasteiger partial charge is 0.163 e. The van der Waals surface area contributed by atoms with Crippen LogP contribution in [0.5, 0.6) is 0 Å². The van der Waals surface area contributed by atoms with E-state index >= 15 is 0 Å². The SMILES string of the molecule is C=CC[C@@H](O)C[C@@H]1C[C@H](C)OC(C)(C)O1. The lowest BCUT2D eigenvalue weighted by Gasteiger charge is -2.40. The number of aliphatic hydroxyl groups is 1. The molecule has 1 aliphatic rings. The highest BCUT2D eigenvalue weighted by atomic mass is 16.7. The van der Waals surface area contributed by atoms with Gasteiger partial charge in [0, 0.05) is 6.42 Å². The maximum atomic E-state index is 9.67. The van der Waals surface area contributed by atoms with Gasteiger partial charge in [0.05, 0.1) is 18.3 Å². The van der Waals surface area contributed by atoms with E-state index in [4.69, 9.17) is 9.47 Å². The van der Waals surface area contributed by atoms with Gasteiger partial charge in [0.2, 0.25) is 0 Å². The lowest BCUT2D eigenvalue weighted by atomic mass is 10.0. The van der Waals surface area contributed by atoms with Gasteiger partial charge < -0.3 is 14.6 Å². The summed E-state index contributed by atoms with van der Waals surface area (Å²) in [5.74, 6) is -0.532. The topological polar surface area (TPSA) is 38.7 Å². The van der Waals surface area contributed by atoms with Gasteiger partial charge in [-0.05, 0) is 33.6 Å². The summed E-state index contributed by atoms with van der Waals surface area (Å²) in [5.41, 5.74) is 0. The third-order valence-corrected chi connectivity index (χ3v) is 2.50. The lowest BCUT2D eigenvalue weighted by Crippen LogP contribution is -2.44. The fraction of sp³-hybridized carbons (Fsp3) is 0.833.